The van der Waals surface area contributed by atoms with Crippen molar-refractivity contribution >= 4 is 40.8 Å². The quantitative estimate of drug-likeness (QED) is 0.395. The zero-order valence-corrected chi connectivity index (χ0v) is 16.7. The van der Waals surface area contributed by atoms with E-state index in [2.05, 4.69) is 81.2 Å². The lowest BCUT2D eigenvalue weighted by Crippen LogP contribution is -2.22. The molecule has 0 radical (unpaired) electrons. The lowest BCUT2D eigenvalue weighted by atomic mass is 9.89. The third kappa shape index (κ3) is 2.81. The Hall–Kier alpha value is -4.05. The molecule has 144 valence electrons. The highest BCUT2D eigenvalue weighted by molar-refractivity contribution is 6.22. The summed E-state index contributed by atoms with van der Waals surface area (Å²) in [5.74, 6) is 1.52. The van der Waals surface area contributed by atoms with E-state index in [9.17, 15) is 0 Å². The molecule has 0 spiro atoms. The fourth-order valence-electron chi connectivity index (χ4n) is 4.09. The van der Waals surface area contributed by atoms with Crippen LogP contribution < -0.4 is 4.90 Å². The second-order valence-electron chi connectivity index (χ2n) is 7.07. The molecular weight excluding hydrogens is 368 g/mol. The first-order valence-electron chi connectivity index (χ1n) is 9.78. The summed E-state index contributed by atoms with van der Waals surface area (Å²) in [6, 6.07) is 27.1. The first-order valence-corrected chi connectivity index (χ1v) is 9.78. The van der Waals surface area contributed by atoms with Crippen molar-refractivity contribution in [3.05, 3.63) is 96.4 Å². The Kier molecular flexibility index (Phi) is 4.45. The monoisotopic (exact) mass is 388 g/mol. The maximum atomic E-state index is 4.58. The number of rotatable bonds is 4. The predicted octanol–water partition coefficient (Wildman–Crippen LogP) is 6.12. The second-order valence-corrected chi connectivity index (χ2v) is 7.07. The van der Waals surface area contributed by atoms with Crippen LogP contribution in [0.3, 0.4) is 0 Å². The molecule has 0 amide bonds. The lowest BCUT2D eigenvalue weighted by molar-refractivity contribution is 1.08. The number of hydrogen-bond acceptors (Lipinski definition) is 4. The van der Waals surface area contributed by atoms with Crippen LogP contribution in [-0.4, -0.2) is 25.0 Å². The van der Waals surface area contributed by atoms with Crippen molar-refractivity contribution < 1.29 is 0 Å². The molecule has 0 bridgehead atoms. The van der Waals surface area contributed by atoms with Crippen LogP contribution >= 0.6 is 0 Å². The Morgan fingerprint density at radius 3 is 2.47 bits per heavy atom. The number of nitrogens with zero attached hydrogens (tertiary/aromatic N) is 4. The van der Waals surface area contributed by atoms with E-state index in [-0.39, 0.29) is 0 Å². The standard InChI is InChI=1S/C26H20N4/c1-27-17-22-21-16-20(18-9-4-3-5-10-18)15-19-11-8-12-23(25(19)21)30(26(22)28-2)24-13-6-7-14-29-24/h3-17H,2H2,1H3. The molecule has 30 heavy (non-hydrogen) atoms. The van der Waals surface area contributed by atoms with Gasteiger partial charge in [0.2, 0.25) is 0 Å². The zero-order valence-electron chi connectivity index (χ0n) is 16.7. The van der Waals surface area contributed by atoms with Crippen molar-refractivity contribution in [3.63, 3.8) is 0 Å². The average molecular weight is 388 g/mol. The molecule has 4 nitrogen and oxygen atoms in total. The molecule has 3 aromatic carbocycles. The van der Waals surface area contributed by atoms with Crippen LogP contribution in [0.4, 0.5) is 11.5 Å². The highest BCUT2D eigenvalue weighted by atomic mass is 15.3. The van der Waals surface area contributed by atoms with Crippen molar-refractivity contribution in [2.45, 2.75) is 0 Å². The molecule has 2 heterocycles. The SMILES string of the molecule is C=NC1=C(C=NC)c2cc(-c3ccccc3)cc3cccc(c23)N1c1ccccn1. The van der Waals surface area contributed by atoms with Gasteiger partial charge in [0.1, 0.15) is 11.6 Å². The van der Waals surface area contributed by atoms with E-state index in [1.54, 1.807) is 13.2 Å². The Morgan fingerprint density at radius 1 is 0.900 bits per heavy atom. The summed E-state index contributed by atoms with van der Waals surface area (Å²) >= 11 is 0. The van der Waals surface area contributed by atoms with Gasteiger partial charge in [-0.3, -0.25) is 9.89 Å². The Labute approximate surface area is 175 Å². The first-order chi connectivity index (χ1) is 14.8. The summed E-state index contributed by atoms with van der Waals surface area (Å²) in [6.07, 6.45) is 3.65. The van der Waals surface area contributed by atoms with Gasteiger partial charge in [-0.15, -0.1) is 0 Å². The smallest absolute Gasteiger partial charge is 0.147 e. The Bertz CT molecular complexity index is 1310. The van der Waals surface area contributed by atoms with Gasteiger partial charge < -0.3 is 0 Å². The summed E-state index contributed by atoms with van der Waals surface area (Å²) in [7, 11) is 1.78. The fraction of sp³-hybridized carbons (Fsp3) is 0.0385. The molecule has 0 fully saturated rings. The fourth-order valence-corrected chi connectivity index (χ4v) is 4.09. The van der Waals surface area contributed by atoms with Crippen molar-refractivity contribution in [2.75, 3.05) is 11.9 Å². The van der Waals surface area contributed by atoms with E-state index in [4.69, 9.17) is 0 Å². The van der Waals surface area contributed by atoms with E-state index < -0.39 is 0 Å². The average Bonchev–Trinajstić information content (AvgIpc) is 2.81. The van der Waals surface area contributed by atoms with Crippen molar-refractivity contribution in [3.8, 4) is 11.1 Å². The second kappa shape index (κ2) is 7.41. The molecule has 1 aromatic heterocycles. The minimum absolute atomic E-state index is 0.726. The molecule has 0 atom stereocenters. The normalized spacial score (nSPS) is 13.3. The van der Waals surface area contributed by atoms with E-state index in [0.29, 0.717) is 0 Å². The molecule has 5 rings (SSSR count). The molecule has 1 aliphatic rings. The molecule has 0 saturated heterocycles. The molecule has 0 saturated carbocycles. The van der Waals surface area contributed by atoms with Crippen LogP contribution in [0.2, 0.25) is 0 Å². The number of aromatic nitrogens is 1. The van der Waals surface area contributed by atoms with Crippen LogP contribution in [0.25, 0.3) is 27.5 Å². The van der Waals surface area contributed by atoms with Crippen molar-refractivity contribution in [1.29, 1.82) is 0 Å². The summed E-state index contributed by atoms with van der Waals surface area (Å²) in [6.45, 7) is 3.87. The molecular formula is C26H20N4. The third-order valence-electron chi connectivity index (χ3n) is 5.33. The number of allylic oxidation sites excluding steroid dienone is 1. The number of hydrogen-bond donors (Lipinski definition) is 0. The highest BCUT2D eigenvalue weighted by Gasteiger charge is 2.28. The van der Waals surface area contributed by atoms with E-state index in [0.717, 1.165) is 44.8 Å². The molecule has 4 aromatic rings. The molecule has 1 aliphatic heterocycles. The van der Waals surface area contributed by atoms with Crippen LogP contribution in [-0.2, 0) is 0 Å². The third-order valence-corrected chi connectivity index (χ3v) is 5.33. The molecule has 0 unspecified atom stereocenters. The predicted molar refractivity (Wildman–Crippen MR) is 127 cm³/mol. The van der Waals surface area contributed by atoms with E-state index >= 15 is 0 Å². The summed E-state index contributed by atoms with van der Waals surface area (Å²) < 4.78 is 0. The van der Waals surface area contributed by atoms with Gasteiger partial charge >= 0.3 is 0 Å². The Balaban J connectivity index is 1.88. The molecule has 0 N–H and O–H groups in total. The summed E-state index contributed by atoms with van der Waals surface area (Å²) in [4.78, 5) is 15.4. The maximum Gasteiger partial charge on any atom is 0.147 e. The van der Waals surface area contributed by atoms with Gasteiger partial charge in [-0.25, -0.2) is 9.98 Å². The number of anilines is 2. The highest BCUT2D eigenvalue weighted by Crippen LogP contribution is 2.45. The maximum absolute atomic E-state index is 4.58. The van der Waals surface area contributed by atoms with Gasteiger partial charge in [0, 0.05) is 30.4 Å². The van der Waals surface area contributed by atoms with Gasteiger partial charge in [-0.2, -0.15) is 0 Å². The lowest BCUT2D eigenvalue weighted by Gasteiger charge is -2.32. The van der Waals surface area contributed by atoms with Gasteiger partial charge in [0.25, 0.3) is 0 Å². The van der Waals surface area contributed by atoms with E-state index in [1.165, 1.54) is 5.56 Å². The van der Waals surface area contributed by atoms with Crippen LogP contribution in [0.1, 0.15) is 5.56 Å². The van der Waals surface area contributed by atoms with Gasteiger partial charge in [0.05, 0.1) is 5.69 Å². The van der Waals surface area contributed by atoms with Gasteiger partial charge in [-0.1, -0.05) is 48.5 Å². The van der Waals surface area contributed by atoms with Gasteiger partial charge in [0.15, 0.2) is 0 Å². The minimum atomic E-state index is 0.726. The number of aliphatic imine (C=N–C) groups is 2. The minimum Gasteiger partial charge on any atom is -0.296 e. The summed E-state index contributed by atoms with van der Waals surface area (Å²) in [5.41, 5.74) is 5.40. The van der Waals surface area contributed by atoms with E-state index in [1.807, 2.05) is 30.5 Å². The zero-order chi connectivity index (χ0) is 20.5. The number of benzene rings is 3. The topological polar surface area (TPSA) is 40.9 Å². The van der Waals surface area contributed by atoms with Crippen LogP contribution in [0, 0.1) is 0 Å². The Morgan fingerprint density at radius 2 is 1.73 bits per heavy atom. The molecule has 0 aliphatic carbocycles. The van der Waals surface area contributed by atoms with Gasteiger partial charge in [-0.05, 0) is 59.1 Å². The van der Waals surface area contributed by atoms with Crippen molar-refractivity contribution in [1.82, 2.24) is 4.98 Å². The van der Waals surface area contributed by atoms with Crippen molar-refractivity contribution in [2.24, 2.45) is 9.98 Å². The van der Waals surface area contributed by atoms with Crippen LogP contribution in [0.5, 0.6) is 0 Å². The first kappa shape index (κ1) is 18.0. The summed E-state index contributed by atoms with van der Waals surface area (Å²) in [5, 5.41) is 2.32. The largest absolute Gasteiger partial charge is 0.296 e. The van der Waals surface area contributed by atoms with Crippen LogP contribution in [0.15, 0.2) is 101 Å². The molecule has 4 heteroatoms. The number of pyridine rings is 1.